The van der Waals surface area contributed by atoms with E-state index in [0.29, 0.717) is 23.5 Å². The van der Waals surface area contributed by atoms with Crippen molar-refractivity contribution in [3.05, 3.63) is 42.0 Å². The molecule has 8 nitrogen and oxygen atoms in total. The highest BCUT2D eigenvalue weighted by molar-refractivity contribution is 6.14. The van der Waals surface area contributed by atoms with Crippen molar-refractivity contribution in [1.29, 1.82) is 0 Å². The Labute approximate surface area is 181 Å². The second-order valence-electron chi connectivity index (χ2n) is 7.27. The molecule has 0 fully saturated rings. The zero-order chi connectivity index (χ0) is 22.7. The first-order valence-electron chi connectivity index (χ1n) is 9.90. The Kier molecular flexibility index (Phi) is 6.39. The zero-order valence-electron chi connectivity index (χ0n) is 18.7. The van der Waals surface area contributed by atoms with Crippen molar-refractivity contribution < 1.29 is 19.4 Å². The van der Waals surface area contributed by atoms with Crippen LogP contribution < -0.4 is 14.4 Å². The first-order chi connectivity index (χ1) is 14.8. The van der Waals surface area contributed by atoms with Gasteiger partial charge in [-0.1, -0.05) is 6.92 Å². The molecule has 1 heterocycles. The molecule has 0 spiro atoms. The third-order valence-corrected chi connectivity index (χ3v) is 5.08. The van der Waals surface area contributed by atoms with Crippen LogP contribution in [0.4, 0.5) is 16.2 Å². The minimum atomic E-state index is -0.112. The van der Waals surface area contributed by atoms with Crippen LogP contribution in [0.2, 0.25) is 0 Å². The number of rotatable bonds is 6. The largest absolute Gasteiger partial charge is 0.494 e. The molecule has 3 aromatic rings. The molecule has 0 saturated heterocycles. The first kappa shape index (κ1) is 22.0. The Balaban J connectivity index is 2.01. The van der Waals surface area contributed by atoms with Gasteiger partial charge >= 0.3 is 6.03 Å². The SMILES string of the molecule is CCC(=Nc1ccc(N(C)C(=O)N(C)C)cc1)c1c(O)[nH]c2cc(OC)c(OC)cc12. The number of aromatic nitrogens is 1. The number of aromatic hydroxyl groups is 1. The molecule has 0 radical (unpaired) electrons. The first-order valence-corrected chi connectivity index (χ1v) is 9.90. The summed E-state index contributed by atoms with van der Waals surface area (Å²) >= 11 is 0. The lowest BCUT2D eigenvalue weighted by Gasteiger charge is -2.21. The summed E-state index contributed by atoms with van der Waals surface area (Å²) in [6.45, 7) is 1.98. The molecule has 0 bridgehead atoms. The number of fused-ring (bicyclic) bond motifs is 1. The Bertz CT molecular complexity index is 1120. The molecule has 1 aromatic heterocycles. The number of carbonyl (C=O) groups excluding carboxylic acids is 1. The third-order valence-electron chi connectivity index (χ3n) is 5.08. The molecule has 2 amide bonds. The normalized spacial score (nSPS) is 11.5. The van der Waals surface area contributed by atoms with Crippen LogP contribution in [-0.2, 0) is 0 Å². The van der Waals surface area contributed by atoms with E-state index in [-0.39, 0.29) is 11.9 Å². The number of amides is 2. The van der Waals surface area contributed by atoms with Gasteiger partial charge in [0.15, 0.2) is 17.4 Å². The average Bonchev–Trinajstić information content (AvgIpc) is 3.10. The molecule has 0 unspecified atom stereocenters. The number of aliphatic imine (C=N–C) groups is 1. The van der Waals surface area contributed by atoms with Gasteiger partial charge in [-0.25, -0.2) is 4.79 Å². The number of aromatic amines is 1. The Morgan fingerprint density at radius 2 is 1.68 bits per heavy atom. The number of methoxy groups -OCH3 is 2. The van der Waals surface area contributed by atoms with Gasteiger partial charge in [0.05, 0.1) is 36.7 Å². The number of urea groups is 1. The van der Waals surface area contributed by atoms with Crippen LogP contribution in [0.3, 0.4) is 0 Å². The summed E-state index contributed by atoms with van der Waals surface area (Å²) < 4.78 is 10.8. The predicted octanol–water partition coefficient (Wildman–Crippen LogP) is 4.54. The van der Waals surface area contributed by atoms with Crippen LogP contribution in [0.15, 0.2) is 41.4 Å². The minimum Gasteiger partial charge on any atom is -0.494 e. The van der Waals surface area contributed by atoms with Gasteiger partial charge in [-0.15, -0.1) is 0 Å². The van der Waals surface area contributed by atoms with E-state index in [1.807, 2.05) is 37.3 Å². The highest BCUT2D eigenvalue weighted by atomic mass is 16.5. The van der Waals surface area contributed by atoms with Crippen LogP contribution in [0.5, 0.6) is 17.4 Å². The van der Waals surface area contributed by atoms with Crippen LogP contribution in [0.1, 0.15) is 18.9 Å². The van der Waals surface area contributed by atoms with E-state index in [1.165, 1.54) is 4.90 Å². The predicted molar refractivity (Wildman–Crippen MR) is 123 cm³/mol. The van der Waals surface area contributed by atoms with Gasteiger partial charge < -0.3 is 24.5 Å². The molecule has 0 aliphatic heterocycles. The lowest BCUT2D eigenvalue weighted by molar-refractivity contribution is 0.225. The Morgan fingerprint density at radius 1 is 1.06 bits per heavy atom. The molecule has 3 rings (SSSR count). The maximum Gasteiger partial charge on any atom is 0.323 e. The van der Waals surface area contributed by atoms with E-state index in [1.54, 1.807) is 46.3 Å². The molecule has 2 N–H and O–H groups in total. The van der Waals surface area contributed by atoms with Gasteiger partial charge in [-0.05, 0) is 36.8 Å². The molecule has 0 aliphatic carbocycles. The van der Waals surface area contributed by atoms with Gasteiger partial charge in [0.1, 0.15) is 0 Å². The number of hydrogen-bond acceptors (Lipinski definition) is 5. The smallest absolute Gasteiger partial charge is 0.323 e. The number of anilines is 1. The highest BCUT2D eigenvalue weighted by Gasteiger charge is 2.19. The van der Waals surface area contributed by atoms with E-state index < -0.39 is 0 Å². The summed E-state index contributed by atoms with van der Waals surface area (Å²) in [5.74, 6) is 1.19. The summed E-state index contributed by atoms with van der Waals surface area (Å²) in [5, 5.41) is 11.4. The average molecular weight is 425 g/mol. The van der Waals surface area contributed by atoms with Crippen molar-refractivity contribution >= 4 is 34.0 Å². The lowest BCUT2D eigenvalue weighted by atomic mass is 10.1. The van der Waals surface area contributed by atoms with E-state index in [4.69, 9.17) is 14.5 Å². The van der Waals surface area contributed by atoms with Gasteiger partial charge in [0.2, 0.25) is 0 Å². The van der Waals surface area contributed by atoms with E-state index >= 15 is 0 Å². The van der Waals surface area contributed by atoms with Gasteiger partial charge in [0, 0.05) is 38.3 Å². The number of ether oxygens (including phenoxy) is 2. The van der Waals surface area contributed by atoms with Crippen LogP contribution >= 0.6 is 0 Å². The third kappa shape index (κ3) is 4.28. The number of nitrogens with zero attached hydrogens (tertiary/aromatic N) is 3. The number of H-pyrrole nitrogens is 1. The topological polar surface area (TPSA) is 90.4 Å². The molecular formula is C23H28N4O4. The zero-order valence-corrected chi connectivity index (χ0v) is 18.7. The van der Waals surface area contributed by atoms with Crippen LogP contribution in [0, 0.1) is 0 Å². The number of nitrogens with one attached hydrogen (secondary N) is 1. The molecular weight excluding hydrogens is 396 g/mol. The number of benzene rings is 2. The Morgan fingerprint density at radius 3 is 2.23 bits per heavy atom. The van der Waals surface area contributed by atoms with Gasteiger partial charge in [-0.2, -0.15) is 0 Å². The fourth-order valence-electron chi connectivity index (χ4n) is 3.43. The van der Waals surface area contributed by atoms with Crippen molar-refractivity contribution in [2.24, 2.45) is 4.99 Å². The summed E-state index contributed by atoms with van der Waals surface area (Å²) in [6.07, 6.45) is 0.607. The molecule has 31 heavy (non-hydrogen) atoms. The maximum absolute atomic E-state index is 12.1. The monoisotopic (exact) mass is 424 g/mol. The molecule has 0 atom stereocenters. The Hall–Kier alpha value is -3.68. The van der Waals surface area contributed by atoms with E-state index in [2.05, 4.69) is 4.98 Å². The van der Waals surface area contributed by atoms with Crippen molar-refractivity contribution in [1.82, 2.24) is 9.88 Å². The van der Waals surface area contributed by atoms with Crippen LogP contribution in [-0.4, -0.2) is 62.1 Å². The van der Waals surface area contributed by atoms with Crippen molar-refractivity contribution in [3.63, 3.8) is 0 Å². The maximum atomic E-state index is 12.1. The molecule has 0 saturated carbocycles. The summed E-state index contributed by atoms with van der Waals surface area (Å²) in [4.78, 5) is 23.0. The fourth-order valence-corrected chi connectivity index (χ4v) is 3.43. The molecule has 2 aromatic carbocycles. The van der Waals surface area contributed by atoms with Crippen molar-refractivity contribution in [2.45, 2.75) is 13.3 Å². The molecule has 0 aliphatic rings. The standard InChI is InChI=1S/C23H28N4O4/c1-7-17(24-14-8-10-15(11-9-14)27(4)23(29)26(2)3)21-16-12-19(30-5)20(31-6)13-18(16)25-22(21)28/h8-13,25,28H,7H2,1-6H3. The van der Waals surface area contributed by atoms with E-state index in [9.17, 15) is 9.90 Å². The summed E-state index contributed by atoms with van der Waals surface area (Å²) in [6, 6.07) is 10.9. The quantitative estimate of drug-likeness (QED) is 0.569. The van der Waals surface area contributed by atoms with E-state index in [0.717, 1.165) is 28.0 Å². The molecule has 8 heteroatoms. The summed E-state index contributed by atoms with van der Waals surface area (Å²) in [7, 11) is 8.29. The van der Waals surface area contributed by atoms with Crippen LogP contribution in [0.25, 0.3) is 10.9 Å². The summed E-state index contributed by atoms with van der Waals surface area (Å²) in [5.41, 5.74) is 3.57. The van der Waals surface area contributed by atoms with Crippen molar-refractivity contribution in [3.8, 4) is 17.4 Å². The van der Waals surface area contributed by atoms with Gasteiger partial charge in [-0.3, -0.25) is 9.89 Å². The van der Waals surface area contributed by atoms with Crippen molar-refractivity contribution in [2.75, 3.05) is 40.3 Å². The fraction of sp³-hybridized carbons (Fsp3) is 0.304. The second-order valence-corrected chi connectivity index (χ2v) is 7.27. The molecule has 164 valence electrons. The second kappa shape index (κ2) is 8.99. The van der Waals surface area contributed by atoms with Gasteiger partial charge in [0.25, 0.3) is 0 Å². The highest BCUT2D eigenvalue weighted by Crippen LogP contribution is 2.37. The number of hydrogen-bond donors (Lipinski definition) is 2. The number of carbonyl (C=O) groups is 1. The lowest BCUT2D eigenvalue weighted by Crippen LogP contribution is -2.36. The minimum absolute atomic E-state index is 0.0406.